The molecule has 1 aromatic carbocycles. The van der Waals surface area contributed by atoms with Crippen LogP contribution in [0.15, 0.2) is 36.4 Å². The zero-order chi connectivity index (χ0) is 14.8. The highest BCUT2D eigenvalue weighted by Gasteiger charge is 2.29. The van der Waals surface area contributed by atoms with Gasteiger partial charge in [-0.2, -0.15) is 0 Å². The molecule has 1 amide bonds. The summed E-state index contributed by atoms with van der Waals surface area (Å²) in [6.07, 6.45) is 1.08. The van der Waals surface area contributed by atoms with Crippen molar-refractivity contribution in [1.29, 1.82) is 0 Å². The zero-order valence-electron chi connectivity index (χ0n) is 13.3. The first-order chi connectivity index (χ1) is 10.1. The maximum absolute atomic E-state index is 12.4. The molecule has 23 heavy (non-hydrogen) atoms. The molecule has 1 aliphatic heterocycles. The van der Waals surface area contributed by atoms with Crippen molar-refractivity contribution in [2.75, 3.05) is 6.54 Å². The van der Waals surface area contributed by atoms with Gasteiger partial charge in [0, 0.05) is 17.5 Å². The molecule has 2 N–H and O–H groups in total. The van der Waals surface area contributed by atoms with Crippen LogP contribution < -0.4 is 10.6 Å². The SMILES string of the molecule is CC1CCNC(C)C1NC(=O)c1ccc2ccccc2n1.Cl.Cl. The highest BCUT2D eigenvalue weighted by atomic mass is 35.5. The summed E-state index contributed by atoms with van der Waals surface area (Å²) in [6.45, 7) is 5.33. The van der Waals surface area contributed by atoms with Crippen LogP contribution in [0.2, 0.25) is 0 Å². The van der Waals surface area contributed by atoms with Crippen LogP contribution in [0.1, 0.15) is 30.8 Å². The minimum Gasteiger partial charge on any atom is -0.346 e. The van der Waals surface area contributed by atoms with Crippen molar-refractivity contribution in [3.8, 4) is 0 Å². The molecule has 3 atom stereocenters. The molecule has 0 bridgehead atoms. The Bertz CT molecular complexity index is 655. The minimum absolute atomic E-state index is 0. The van der Waals surface area contributed by atoms with E-state index in [2.05, 4.69) is 29.5 Å². The number of nitrogens with one attached hydrogen (secondary N) is 2. The lowest BCUT2D eigenvalue weighted by atomic mass is 9.89. The lowest BCUT2D eigenvalue weighted by molar-refractivity contribution is 0.0893. The van der Waals surface area contributed by atoms with Crippen molar-refractivity contribution in [3.05, 3.63) is 42.1 Å². The number of rotatable bonds is 2. The lowest BCUT2D eigenvalue weighted by Gasteiger charge is -2.35. The first-order valence-electron chi connectivity index (χ1n) is 7.55. The fourth-order valence-corrected chi connectivity index (χ4v) is 3.02. The molecule has 1 saturated heterocycles. The summed E-state index contributed by atoms with van der Waals surface area (Å²) in [5.74, 6) is 0.388. The Kier molecular flexibility index (Phi) is 7.26. The number of amides is 1. The summed E-state index contributed by atoms with van der Waals surface area (Å²) in [5.41, 5.74) is 1.34. The molecule has 3 unspecified atom stereocenters. The molecular weight excluding hydrogens is 333 g/mol. The Hall–Kier alpha value is -1.36. The van der Waals surface area contributed by atoms with Crippen LogP contribution in [0.25, 0.3) is 10.9 Å². The second kappa shape index (κ2) is 8.48. The van der Waals surface area contributed by atoms with Crippen molar-refractivity contribution in [3.63, 3.8) is 0 Å². The number of aromatic nitrogens is 1. The number of piperidine rings is 1. The Labute approximate surface area is 149 Å². The predicted octanol–water partition coefficient (Wildman–Crippen LogP) is 3.19. The van der Waals surface area contributed by atoms with E-state index in [9.17, 15) is 4.79 Å². The molecule has 4 nitrogen and oxygen atoms in total. The Morgan fingerprint density at radius 2 is 1.91 bits per heavy atom. The first-order valence-corrected chi connectivity index (χ1v) is 7.55. The van der Waals surface area contributed by atoms with Gasteiger partial charge in [0.1, 0.15) is 5.69 Å². The first kappa shape index (κ1) is 19.7. The molecule has 3 rings (SSSR count). The van der Waals surface area contributed by atoms with Crippen LogP contribution in [0.4, 0.5) is 0 Å². The second-order valence-electron chi connectivity index (χ2n) is 5.90. The van der Waals surface area contributed by atoms with E-state index in [1.54, 1.807) is 6.07 Å². The molecular formula is C17H23Cl2N3O. The molecule has 0 aliphatic carbocycles. The summed E-state index contributed by atoms with van der Waals surface area (Å²) in [5, 5.41) is 7.60. The average Bonchev–Trinajstić information content (AvgIpc) is 2.50. The van der Waals surface area contributed by atoms with E-state index in [1.807, 2.05) is 30.3 Å². The third-order valence-corrected chi connectivity index (χ3v) is 4.35. The fraction of sp³-hybridized carbons (Fsp3) is 0.412. The van der Waals surface area contributed by atoms with E-state index in [-0.39, 0.29) is 42.8 Å². The highest BCUT2D eigenvalue weighted by molar-refractivity contribution is 5.95. The van der Waals surface area contributed by atoms with Gasteiger partial charge < -0.3 is 10.6 Å². The van der Waals surface area contributed by atoms with E-state index in [4.69, 9.17) is 0 Å². The number of hydrogen-bond acceptors (Lipinski definition) is 3. The van der Waals surface area contributed by atoms with Gasteiger partial charge in [-0.1, -0.05) is 31.2 Å². The molecule has 0 spiro atoms. The summed E-state index contributed by atoms with van der Waals surface area (Å²) in [4.78, 5) is 16.9. The number of halogens is 2. The Morgan fingerprint density at radius 3 is 2.65 bits per heavy atom. The lowest BCUT2D eigenvalue weighted by Crippen LogP contribution is -2.56. The summed E-state index contributed by atoms with van der Waals surface area (Å²) < 4.78 is 0. The van der Waals surface area contributed by atoms with Crippen molar-refractivity contribution in [1.82, 2.24) is 15.6 Å². The van der Waals surface area contributed by atoms with Gasteiger partial charge in [0.05, 0.1) is 5.52 Å². The fourth-order valence-electron chi connectivity index (χ4n) is 3.02. The largest absolute Gasteiger partial charge is 0.346 e. The second-order valence-corrected chi connectivity index (χ2v) is 5.90. The van der Waals surface area contributed by atoms with E-state index >= 15 is 0 Å². The third-order valence-electron chi connectivity index (χ3n) is 4.35. The number of benzene rings is 1. The molecule has 1 aromatic heterocycles. The third kappa shape index (κ3) is 4.34. The average molecular weight is 356 g/mol. The normalized spacial score (nSPS) is 23.5. The van der Waals surface area contributed by atoms with Gasteiger partial charge in [0.15, 0.2) is 0 Å². The summed E-state index contributed by atoms with van der Waals surface area (Å²) in [6, 6.07) is 12.0. The van der Waals surface area contributed by atoms with Crippen LogP contribution in [0, 0.1) is 5.92 Å². The number of nitrogens with zero attached hydrogens (tertiary/aromatic N) is 1. The Balaban J connectivity index is 0.00000132. The number of carbonyl (C=O) groups is 1. The number of hydrogen-bond donors (Lipinski definition) is 2. The minimum atomic E-state index is -0.0897. The number of fused-ring (bicyclic) bond motifs is 1. The zero-order valence-corrected chi connectivity index (χ0v) is 14.9. The summed E-state index contributed by atoms with van der Waals surface area (Å²) in [7, 11) is 0. The smallest absolute Gasteiger partial charge is 0.270 e. The molecule has 0 radical (unpaired) electrons. The number of carbonyl (C=O) groups excluding carboxylic acids is 1. The quantitative estimate of drug-likeness (QED) is 0.869. The van der Waals surface area contributed by atoms with Gasteiger partial charge in [-0.25, -0.2) is 4.98 Å². The van der Waals surface area contributed by atoms with E-state index in [1.165, 1.54) is 0 Å². The number of para-hydroxylation sites is 1. The van der Waals surface area contributed by atoms with Crippen LogP contribution in [0.5, 0.6) is 0 Å². The molecule has 2 heterocycles. The molecule has 1 aliphatic rings. The van der Waals surface area contributed by atoms with Gasteiger partial charge in [0.25, 0.3) is 5.91 Å². The van der Waals surface area contributed by atoms with E-state index in [0.717, 1.165) is 23.9 Å². The van der Waals surface area contributed by atoms with Crippen molar-refractivity contribution < 1.29 is 4.79 Å². The predicted molar refractivity (Wildman–Crippen MR) is 98.7 cm³/mol. The van der Waals surface area contributed by atoms with Crippen LogP contribution >= 0.6 is 24.8 Å². The maximum atomic E-state index is 12.4. The monoisotopic (exact) mass is 355 g/mol. The van der Waals surface area contributed by atoms with Crippen molar-refractivity contribution in [2.45, 2.75) is 32.4 Å². The molecule has 6 heteroatoms. The molecule has 126 valence electrons. The number of pyridine rings is 1. The highest BCUT2D eigenvalue weighted by Crippen LogP contribution is 2.17. The molecule has 2 aromatic rings. The topological polar surface area (TPSA) is 54.0 Å². The van der Waals surface area contributed by atoms with Gasteiger partial charge in [-0.15, -0.1) is 24.8 Å². The van der Waals surface area contributed by atoms with Crippen LogP contribution in [0.3, 0.4) is 0 Å². The van der Waals surface area contributed by atoms with Crippen LogP contribution in [-0.4, -0.2) is 29.5 Å². The van der Waals surface area contributed by atoms with E-state index < -0.39 is 0 Å². The van der Waals surface area contributed by atoms with Gasteiger partial charge in [0.2, 0.25) is 0 Å². The van der Waals surface area contributed by atoms with Gasteiger partial charge in [-0.3, -0.25) is 4.79 Å². The standard InChI is InChI=1S/C17H21N3O.2ClH/c1-11-9-10-18-12(2)16(11)20-17(21)15-8-7-13-5-3-4-6-14(13)19-15;;/h3-8,11-12,16,18H,9-10H2,1-2H3,(H,20,21);2*1H. The van der Waals surface area contributed by atoms with Gasteiger partial charge in [-0.05, 0) is 37.9 Å². The summed E-state index contributed by atoms with van der Waals surface area (Å²) >= 11 is 0. The van der Waals surface area contributed by atoms with Crippen molar-refractivity contribution in [2.24, 2.45) is 5.92 Å². The molecule has 1 fully saturated rings. The van der Waals surface area contributed by atoms with Crippen molar-refractivity contribution >= 4 is 41.6 Å². The van der Waals surface area contributed by atoms with E-state index in [0.29, 0.717) is 11.6 Å². The Morgan fingerprint density at radius 1 is 1.17 bits per heavy atom. The maximum Gasteiger partial charge on any atom is 0.270 e. The van der Waals surface area contributed by atoms with Crippen LogP contribution in [-0.2, 0) is 0 Å². The molecule has 0 saturated carbocycles. The van der Waals surface area contributed by atoms with Gasteiger partial charge >= 0.3 is 0 Å².